The average Bonchev–Trinajstić information content (AvgIpc) is 3.10. The first kappa shape index (κ1) is 21.5. The molecule has 0 unspecified atom stereocenters. The van der Waals surface area contributed by atoms with Crippen molar-refractivity contribution in [3.8, 4) is 11.5 Å². The van der Waals surface area contributed by atoms with Crippen molar-refractivity contribution in [3.05, 3.63) is 94.6 Å². The topological polar surface area (TPSA) is 77.8 Å². The van der Waals surface area contributed by atoms with Crippen molar-refractivity contribution in [2.24, 2.45) is 0 Å². The number of hydrogen-bond donors (Lipinski definition) is 1. The number of aliphatic carboxylic acids is 1. The van der Waals surface area contributed by atoms with Crippen molar-refractivity contribution in [2.45, 2.75) is 13.0 Å². The van der Waals surface area contributed by atoms with Crippen LogP contribution in [0.25, 0.3) is 10.9 Å². The highest BCUT2D eigenvalue weighted by atomic mass is 35.5. The lowest BCUT2D eigenvalue weighted by atomic mass is 10.1. The summed E-state index contributed by atoms with van der Waals surface area (Å²) in [6.07, 6.45) is -0.266. The van der Waals surface area contributed by atoms with Gasteiger partial charge >= 0.3 is 5.97 Å². The quantitative estimate of drug-likeness (QED) is 0.419. The van der Waals surface area contributed by atoms with Crippen LogP contribution in [-0.4, -0.2) is 28.7 Å². The zero-order valence-electron chi connectivity index (χ0n) is 17.2. The van der Waals surface area contributed by atoms with Crippen LogP contribution < -0.4 is 9.47 Å². The minimum absolute atomic E-state index is 0.0168. The summed E-state index contributed by atoms with van der Waals surface area (Å²) >= 11 is 5.98. The lowest BCUT2D eigenvalue weighted by Gasteiger charge is -2.12. The van der Waals surface area contributed by atoms with Gasteiger partial charge in [-0.15, -0.1) is 0 Å². The molecule has 1 heterocycles. The van der Waals surface area contributed by atoms with E-state index in [4.69, 9.17) is 21.1 Å². The smallest absolute Gasteiger partial charge is 0.307 e. The molecule has 3 aromatic carbocycles. The number of hydrogen-bond acceptors (Lipinski definition) is 4. The van der Waals surface area contributed by atoms with E-state index in [9.17, 15) is 14.7 Å². The Morgan fingerprint density at radius 1 is 0.969 bits per heavy atom. The van der Waals surface area contributed by atoms with Crippen LogP contribution in [0.5, 0.6) is 11.5 Å². The normalized spacial score (nSPS) is 10.8. The molecule has 0 spiro atoms. The lowest BCUT2D eigenvalue weighted by Crippen LogP contribution is -2.17. The summed E-state index contributed by atoms with van der Waals surface area (Å²) in [6.45, 7) is 0.0168. The summed E-state index contributed by atoms with van der Waals surface area (Å²) in [5.41, 5.74) is 1.97. The average molecular weight is 450 g/mol. The van der Waals surface area contributed by atoms with Gasteiger partial charge in [-0.3, -0.25) is 14.2 Å². The van der Waals surface area contributed by atoms with Gasteiger partial charge in [0, 0.05) is 16.0 Å². The Kier molecular flexibility index (Phi) is 6.14. The summed E-state index contributed by atoms with van der Waals surface area (Å²) in [5, 5.41) is 10.7. The van der Waals surface area contributed by atoms with Crippen molar-refractivity contribution in [1.82, 2.24) is 4.57 Å². The number of benzene rings is 3. The van der Waals surface area contributed by atoms with E-state index in [2.05, 4.69) is 0 Å². The number of carbonyl (C=O) groups is 2. The molecular formula is C25H20ClNO5. The highest BCUT2D eigenvalue weighted by Crippen LogP contribution is 2.32. The van der Waals surface area contributed by atoms with Gasteiger partial charge in [0.2, 0.25) is 0 Å². The fourth-order valence-corrected chi connectivity index (χ4v) is 3.76. The molecule has 0 aliphatic heterocycles. The number of rotatable bonds is 7. The number of halogens is 1. The second-order valence-electron chi connectivity index (χ2n) is 7.13. The Morgan fingerprint density at radius 3 is 2.34 bits per heavy atom. The highest BCUT2D eigenvalue weighted by molar-refractivity contribution is 6.30. The number of methoxy groups -OCH3 is 1. The minimum Gasteiger partial charge on any atom is -0.497 e. The molecule has 0 radical (unpaired) electrons. The zero-order valence-corrected chi connectivity index (χ0v) is 18.0. The number of fused-ring (bicyclic) bond motifs is 1. The van der Waals surface area contributed by atoms with Crippen LogP contribution in [0.1, 0.15) is 21.6 Å². The van der Waals surface area contributed by atoms with Gasteiger partial charge in [-0.1, -0.05) is 29.8 Å². The summed E-state index contributed by atoms with van der Waals surface area (Å²) in [4.78, 5) is 25.2. The van der Waals surface area contributed by atoms with Crippen molar-refractivity contribution < 1.29 is 24.2 Å². The second kappa shape index (κ2) is 9.16. The van der Waals surface area contributed by atoms with E-state index in [1.807, 2.05) is 18.2 Å². The fraction of sp³-hybridized carbons (Fsp3) is 0.120. The Bertz CT molecular complexity index is 1280. The molecule has 0 amide bonds. The van der Waals surface area contributed by atoms with Crippen LogP contribution >= 0.6 is 11.6 Å². The molecule has 0 atom stereocenters. The predicted octanol–water partition coefficient (Wildman–Crippen LogP) is 5.20. The van der Waals surface area contributed by atoms with Crippen LogP contribution in [0, 0.1) is 0 Å². The second-order valence-corrected chi connectivity index (χ2v) is 7.56. The van der Waals surface area contributed by atoms with Gasteiger partial charge in [0.05, 0.1) is 24.7 Å². The van der Waals surface area contributed by atoms with E-state index in [0.29, 0.717) is 44.2 Å². The van der Waals surface area contributed by atoms with Crippen molar-refractivity contribution >= 4 is 34.4 Å². The first-order valence-corrected chi connectivity index (χ1v) is 10.3. The first-order chi connectivity index (χ1) is 15.5. The summed E-state index contributed by atoms with van der Waals surface area (Å²) < 4.78 is 12.8. The van der Waals surface area contributed by atoms with Crippen LogP contribution in [-0.2, 0) is 17.8 Å². The van der Waals surface area contributed by atoms with Crippen LogP contribution in [0.15, 0.2) is 72.8 Å². The van der Waals surface area contributed by atoms with Gasteiger partial charge in [0.15, 0.2) is 0 Å². The lowest BCUT2D eigenvalue weighted by molar-refractivity contribution is -0.136. The van der Waals surface area contributed by atoms with Crippen molar-refractivity contribution in [2.75, 3.05) is 7.11 Å². The number of carbonyl (C=O) groups excluding carboxylic acids is 1. The summed E-state index contributed by atoms with van der Waals surface area (Å²) in [6, 6.07) is 20.9. The molecule has 4 rings (SSSR count). The van der Waals surface area contributed by atoms with Gasteiger partial charge in [-0.25, -0.2) is 0 Å². The number of carboxylic acids is 1. The molecule has 1 aromatic heterocycles. The molecule has 1 N–H and O–H groups in total. The van der Waals surface area contributed by atoms with Gasteiger partial charge in [-0.05, 0) is 60.2 Å². The molecule has 0 fully saturated rings. The predicted molar refractivity (Wildman–Crippen MR) is 122 cm³/mol. The van der Waals surface area contributed by atoms with Crippen LogP contribution in [0.4, 0.5) is 0 Å². The Balaban J connectivity index is 1.91. The molecule has 0 saturated heterocycles. The maximum atomic E-state index is 13.5. The van der Waals surface area contributed by atoms with E-state index in [1.165, 1.54) is 11.7 Å². The number of aromatic nitrogens is 1. The number of ether oxygens (including phenoxy) is 2. The molecule has 0 bridgehead atoms. The van der Waals surface area contributed by atoms with Crippen molar-refractivity contribution in [3.63, 3.8) is 0 Å². The molecule has 162 valence electrons. The van der Waals surface area contributed by atoms with E-state index >= 15 is 0 Å². The van der Waals surface area contributed by atoms with Gasteiger partial charge in [-0.2, -0.15) is 0 Å². The summed E-state index contributed by atoms with van der Waals surface area (Å²) in [5.74, 6) is -0.134. The highest BCUT2D eigenvalue weighted by Gasteiger charge is 2.24. The molecule has 0 aliphatic carbocycles. The molecule has 7 heteroatoms. The third kappa shape index (κ3) is 4.31. The number of para-hydroxylation sites is 1. The summed E-state index contributed by atoms with van der Waals surface area (Å²) in [7, 11) is 1.54. The van der Waals surface area contributed by atoms with E-state index < -0.39 is 5.97 Å². The van der Waals surface area contributed by atoms with E-state index in [1.54, 1.807) is 54.6 Å². The molecular weight excluding hydrogens is 430 g/mol. The third-order valence-electron chi connectivity index (χ3n) is 5.13. The maximum absolute atomic E-state index is 13.5. The molecule has 6 nitrogen and oxygen atoms in total. The SMILES string of the molecule is COc1ccc2c(c1)c(CC(=O)O)c(COc1ccccc1)n2C(=O)c1ccc(Cl)cc1. The molecule has 32 heavy (non-hydrogen) atoms. The van der Waals surface area contributed by atoms with Gasteiger partial charge < -0.3 is 14.6 Å². The maximum Gasteiger partial charge on any atom is 0.307 e. The monoisotopic (exact) mass is 449 g/mol. The van der Waals surface area contributed by atoms with Gasteiger partial charge in [0.25, 0.3) is 5.91 Å². The van der Waals surface area contributed by atoms with E-state index in [0.717, 1.165) is 0 Å². The van der Waals surface area contributed by atoms with E-state index in [-0.39, 0.29) is 18.9 Å². The number of nitrogens with zero attached hydrogens (tertiary/aromatic N) is 1. The number of carboxylic acid groups (broad SMARTS) is 1. The van der Waals surface area contributed by atoms with Crippen molar-refractivity contribution in [1.29, 1.82) is 0 Å². The van der Waals surface area contributed by atoms with Crippen LogP contribution in [0.2, 0.25) is 5.02 Å². The largest absolute Gasteiger partial charge is 0.497 e. The minimum atomic E-state index is -1.01. The molecule has 0 aliphatic rings. The standard InChI is InChI=1S/C25H20ClNO5/c1-31-19-11-12-22-20(13-19)21(14-24(28)29)23(15-32-18-5-3-2-4-6-18)27(22)25(30)16-7-9-17(26)10-8-16/h2-13H,14-15H2,1H3,(H,28,29). The van der Waals surface area contributed by atoms with Gasteiger partial charge in [0.1, 0.15) is 18.1 Å². The molecule has 4 aromatic rings. The molecule has 0 saturated carbocycles. The fourth-order valence-electron chi connectivity index (χ4n) is 3.64. The van der Waals surface area contributed by atoms with Crippen LogP contribution in [0.3, 0.4) is 0 Å². The zero-order chi connectivity index (χ0) is 22.7. The first-order valence-electron chi connectivity index (χ1n) is 9.88. The third-order valence-corrected chi connectivity index (χ3v) is 5.38. The Hall–Kier alpha value is -3.77. The Morgan fingerprint density at radius 2 is 1.69 bits per heavy atom. The Labute approximate surface area is 189 Å².